The molecule has 0 aromatic heterocycles. The minimum absolute atomic E-state index is 0. The monoisotopic (exact) mass is 314 g/mol. The van der Waals surface area contributed by atoms with Gasteiger partial charge in [0.05, 0.1) is 0 Å². The Bertz CT molecular complexity index is 139. The van der Waals surface area contributed by atoms with E-state index < -0.39 is 8.80 Å². The minimum atomic E-state index is -2.29. The Morgan fingerprint density at radius 2 is 1.11 bits per heavy atom. The summed E-state index contributed by atoms with van der Waals surface area (Å²) in [4.78, 5) is 0. The molecular weight excluding hydrogens is 288 g/mol. The molecule has 0 fully saturated rings. The average molecular weight is 314 g/mol. The third-order valence-corrected chi connectivity index (χ3v) is 5.60. The van der Waals surface area contributed by atoms with Crippen molar-refractivity contribution < 1.29 is 45.9 Å². The van der Waals surface area contributed by atoms with Gasteiger partial charge in [-0.15, -0.1) is 0 Å². The summed E-state index contributed by atoms with van der Waals surface area (Å²) in [6, 6.07) is 0.933. The smallest absolute Gasteiger partial charge is 2.00 e. The van der Waals surface area contributed by atoms with E-state index in [0.717, 1.165) is 12.5 Å². The van der Waals surface area contributed by atoms with Crippen molar-refractivity contribution in [1.29, 1.82) is 0 Å². The van der Waals surface area contributed by atoms with Gasteiger partial charge in [-0.1, -0.05) is 39.0 Å². The van der Waals surface area contributed by atoms with Gasteiger partial charge in [-0.3, -0.25) is 0 Å². The summed E-state index contributed by atoms with van der Waals surface area (Å²) in [5.74, 6) is 0. The molecular formula is C11H26O5SiTi. The maximum Gasteiger partial charge on any atom is 4.00 e. The number of rotatable bonds is 10. The first-order chi connectivity index (χ1) is 7.24. The molecule has 0 aromatic rings. The van der Waals surface area contributed by atoms with Crippen molar-refractivity contribution >= 4 is 8.80 Å². The molecule has 0 aliphatic heterocycles. The Morgan fingerprint density at radius 3 is 1.50 bits per heavy atom. The summed E-state index contributed by atoms with van der Waals surface area (Å²) in [5.41, 5.74) is 0. The summed E-state index contributed by atoms with van der Waals surface area (Å²) < 4.78 is 16.1. The van der Waals surface area contributed by atoms with Gasteiger partial charge in [0, 0.05) is 27.4 Å². The standard InChI is InChI=1S/C11H26O3Si.2O.Ti/c1-5-6-7-8-9-10-11-15(12-2,13-3)14-4;;;/h5-11H2,1-4H3;;;/q;2*-2;+4. The van der Waals surface area contributed by atoms with Gasteiger partial charge in [0.1, 0.15) is 0 Å². The molecule has 0 amide bonds. The largest absolute Gasteiger partial charge is 4.00 e. The molecule has 0 rings (SSSR count). The van der Waals surface area contributed by atoms with Crippen molar-refractivity contribution in [3.8, 4) is 0 Å². The predicted octanol–water partition coefficient (Wildman–Crippen LogP) is 2.98. The maximum atomic E-state index is 5.36. The van der Waals surface area contributed by atoms with Crippen LogP contribution in [0, 0.1) is 0 Å². The third-order valence-electron chi connectivity index (χ3n) is 2.77. The normalized spacial score (nSPS) is 10.0. The van der Waals surface area contributed by atoms with Gasteiger partial charge in [-0.05, 0) is 6.42 Å². The Kier molecular flexibility index (Phi) is 26.7. The molecule has 0 N–H and O–H groups in total. The maximum absolute atomic E-state index is 5.36. The van der Waals surface area contributed by atoms with Crippen molar-refractivity contribution in [2.45, 2.75) is 51.5 Å². The topological polar surface area (TPSA) is 84.7 Å². The van der Waals surface area contributed by atoms with Gasteiger partial charge in [-0.2, -0.15) is 0 Å². The van der Waals surface area contributed by atoms with Crippen LogP contribution in [0.2, 0.25) is 6.04 Å². The van der Waals surface area contributed by atoms with Crippen LogP contribution in [0.5, 0.6) is 0 Å². The molecule has 0 aromatic carbocycles. The minimum Gasteiger partial charge on any atom is -2.00 e. The fourth-order valence-corrected chi connectivity index (χ4v) is 3.47. The predicted molar refractivity (Wildman–Crippen MR) is 66.3 cm³/mol. The fraction of sp³-hybridized carbons (Fsp3) is 1.00. The van der Waals surface area contributed by atoms with Crippen LogP contribution in [-0.4, -0.2) is 30.1 Å². The van der Waals surface area contributed by atoms with Crippen LogP contribution in [0.15, 0.2) is 0 Å². The van der Waals surface area contributed by atoms with E-state index >= 15 is 0 Å². The first-order valence-corrected chi connectivity index (χ1v) is 7.83. The summed E-state index contributed by atoms with van der Waals surface area (Å²) in [7, 11) is 2.74. The molecule has 0 saturated carbocycles. The quantitative estimate of drug-likeness (QED) is 0.459. The van der Waals surface area contributed by atoms with Crippen molar-refractivity contribution in [2.75, 3.05) is 21.3 Å². The van der Waals surface area contributed by atoms with Crippen LogP contribution >= 0.6 is 0 Å². The van der Waals surface area contributed by atoms with E-state index in [-0.39, 0.29) is 32.7 Å². The molecule has 108 valence electrons. The zero-order chi connectivity index (χ0) is 11.6. The van der Waals surface area contributed by atoms with Gasteiger partial charge >= 0.3 is 30.5 Å². The van der Waals surface area contributed by atoms with Crippen LogP contribution in [0.3, 0.4) is 0 Å². The Morgan fingerprint density at radius 1 is 0.722 bits per heavy atom. The first kappa shape index (κ1) is 27.1. The molecule has 0 saturated heterocycles. The molecule has 0 atom stereocenters. The van der Waals surface area contributed by atoms with E-state index in [0.29, 0.717) is 0 Å². The van der Waals surface area contributed by atoms with Crippen LogP contribution in [-0.2, 0) is 45.9 Å². The summed E-state index contributed by atoms with van der Waals surface area (Å²) >= 11 is 0. The summed E-state index contributed by atoms with van der Waals surface area (Å²) in [6.07, 6.45) is 7.71. The van der Waals surface area contributed by atoms with Crippen molar-refractivity contribution in [1.82, 2.24) is 0 Å². The average Bonchev–Trinajstić information content (AvgIpc) is 2.29. The second-order valence-corrected chi connectivity index (χ2v) is 6.90. The van der Waals surface area contributed by atoms with Gasteiger partial charge in [-0.25, -0.2) is 0 Å². The number of unbranched alkanes of at least 4 members (excludes halogenated alkanes) is 5. The molecule has 0 unspecified atom stereocenters. The van der Waals surface area contributed by atoms with Gasteiger partial charge in [0.25, 0.3) is 0 Å². The molecule has 7 heteroatoms. The van der Waals surface area contributed by atoms with E-state index in [2.05, 4.69) is 6.92 Å². The Hall–Kier alpha value is 0.731. The molecule has 5 nitrogen and oxygen atoms in total. The number of hydrogen-bond acceptors (Lipinski definition) is 3. The van der Waals surface area contributed by atoms with Crippen molar-refractivity contribution in [2.24, 2.45) is 0 Å². The van der Waals surface area contributed by atoms with Gasteiger partial charge in [0.15, 0.2) is 0 Å². The second kappa shape index (κ2) is 17.7. The zero-order valence-corrected chi connectivity index (χ0v) is 14.6. The molecule has 0 aliphatic rings. The Labute approximate surface area is 127 Å². The van der Waals surface area contributed by atoms with E-state index in [1.165, 1.54) is 32.1 Å². The van der Waals surface area contributed by atoms with Crippen LogP contribution in [0.4, 0.5) is 0 Å². The second-order valence-electron chi connectivity index (χ2n) is 3.81. The molecule has 0 bridgehead atoms. The van der Waals surface area contributed by atoms with E-state index in [1.807, 2.05) is 0 Å². The first-order valence-electron chi connectivity index (χ1n) is 5.90. The van der Waals surface area contributed by atoms with Crippen molar-refractivity contribution in [3.05, 3.63) is 0 Å². The molecule has 0 spiro atoms. The van der Waals surface area contributed by atoms with E-state index in [9.17, 15) is 0 Å². The van der Waals surface area contributed by atoms with E-state index in [1.54, 1.807) is 21.3 Å². The van der Waals surface area contributed by atoms with Crippen LogP contribution in [0.25, 0.3) is 0 Å². The van der Waals surface area contributed by atoms with Gasteiger partial charge in [0.2, 0.25) is 0 Å². The van der Waals surface area contributed by atoms with Crippen LogP contribution < -0.4 is 0 Å². The van der Waals surface area contributed by atoms with Crippen LogP contribution in [0.1, 0.15) is 45.4 Å². The summed E-state index contributed by atoms with van der Waals surface area (Å²) in [5, 5.41) is 0. The van der Waals surface area contributed by atoms with Gasteiger partial charge < -0.3 is 24.2 Å². The Balaban J connectivity index is -0.000000327. The number of hydrogen-bond donors (Lipinski definition) is 0. The summed E-state index contributed by atoms with van der Waals surface area (Å²) in [6.45, 7) is 2.23. The third kappa shape index (κ3) is 11.8. The fourth-order valence-electron chi connectivity index (χ4n) is 1.68. The van der Waals surface area contributed by atoms with Crippen molar-refractivity contribution in [3.63, 3.8) is 0 Å². The molecule has 0 radical (unpaired) electrons. The zero-order valence-electron chi connectivity index (χ0n) is 12.0. The molecule has 18 heavy (non-hydrogen) atoms. The SMILES string of the molecule is CCCCCCCC[Si](OC)(OC)OC.[O-2].[O-2].[Ti+4]. The van der Waals surface area contributed by atoms with E-state index in [4.69, 9.17) is 13.3 Å². The molecule has 0 heterocycles. The molecule has 0 aliphatic carbocycles.